The Morgan fingerprint density at radius 1 is 1.82 bits per heavy atom. The Morgan fingerprint density at radius 2 is 2.64 bits per heavy atom. The molecule has 2 rings (SSSR count). The molecule has 0 N–H and O–H groups in total. The fourth-order valence-electron chi connectivity index (χ4n) is 1.43. The minimum absolute atomic E-state index is 0.294. The van der Waals surface area contributed by atoms with Gasteiger partial charge in [0.1, 0.15) is 0 Å². The maximum absolute atomic E-state index is 10.9. The minimum Gasteiger partial charge on any atom is -0.329 e. The van der Waals surface area contributed by atoms with Crippen LogP contribution in [0.15, 0.2) is 18.4 Å². The molecule has 3 heteroatoms. The van der Waals surface area contributed by atoms with E-state index in [0.717, 1.165) is 13.0 Å². The Morgan fingerprint density at radius 3 is 3.18 bits per heavy atom. The molecule has 0 radical (unpaired) electrons. The first-order chi connectivity index (χ1) is 5.31. The van der Waals surface area contributed by atoms with Crippen LogP contribution in [-0.2, 0) is 4.79 Å². The van der Waals surface area contributed by atoms with Crippen molar-refractivity contribution in [3.05, 3.63) is 18.4 Å². The highest BCUT2D eigenvalue weighted by molar-refractivity contribution is 8.01. The molecule has 2 aliphatic heterocycles. The number of rotatable bonds is 1. The predicted molar refractivity (Wildman–Crippen MR) is 45.2 cm³/mol. The van der Waals surface area contributed by atoms with Gasteiger partial charge in [0.05, 0.1) is 11.8 Å². The van der Waals surface area contributed by atoms with E-state index in [2.05, 4.69) is 12.3 Å². The molecule has 2 fully saturated rings. The molecule has 2 atom stereocenters. The third kappa shape index (κ3) is 1.01. The third-order valence-electron chi connectivity index (χ3n) is 2.03. The first kappa shape index (κ1) is 7.01. The number of thioether (sulfide) groups is 1. The summed E-state index contributed by atoms with van der Waals surface area (Å²) in [5.41, 5.74) is 2.76. The molecule has 2 saturated heterocycles. The molecule has 0 aromatic heterocycles. The summed E-state index contributed by atoms with van der Waals surface area (Å²) in [6.07, 6.45) is 2.67. The summed E-state index contributed by atoms with van der Waals surface area (Å²) in [7, 11) is 0. The summed E-state index contributed by atoms with van der Waals surface area (Å²) in [5.74, 6) is 0.294. The summed E-state index contributed by atoms with van der Waals surface area (Å²) in [5, 5.41) is 0.890. The van der Waals surface area contributed by atoms with Gasteiger partial charge in [-0.15, -0.1) is 17.5 Å². The van der Waals surface area contributed by atoms with E-state index >= 15 is 0 Å². The normalized spacial score (nSPS) is 34.2. The quantitative estimate of drug-likeness (QED) is 0.429. The Balaban J connectivity index is 2.03. The zero-order valence-corrected chi connectivity index (χ0v) is 6.93. The van der Waals surface area contributed by atoms with Gasteiger partial charge in [0.25, 0.3) is 0 Å². The summed E-state index contributed by atoms with van der Waals surface area (Å²) < 4.78 is 0. The number of carbonyl (C=O) groups excluding carboxylic acids is 1. The first-order valence-electron chi connectivity index (χ1n) is 3.62. The second-order valence-corrected chi connectivity index (χ2v) is 4.17. The second-order valence-electron chi connectivity index (χ2n) is 2.75. The second kappa shape index (κ2) is 2.43. The van der Waals surface area contributed by atoms with E-state index in [1.165, 1.54) is 0 Å². The lowest BCUT2D eigenvalue weighted by Crippen LogP contribution is -2.47. The van der Waals surface area contributed by atoms with Crippen LogP contribution in [0, 0.1) is 0 Å². The number of fused-ring (bicyclic) bond motifs is 1. The maximum atomic E-state index is 10.9. The topological polar surface area (TPSA) is 20.3 Å². The van der Waals surface area contributed by atoms with E-state index < -0.39 is 0 Å². The van der Waals surface area contributed by atoms with Crippen molar-refractivity contribution < 1.29 is 4.79 Å². The molecule has 2 aliphatic rings. The zero-order chi connectivity index (χ0) is 7.84. The largest absolute Gasteiger partial charge is 0.329 e. The van der Waals surface area contributed by atoms with Crippen LogP contribution in [0.2, 0.25) is 0 Å². The van der Waals surface area contributed by atoms with E-state index in [9.17, 15) is 4.79 Å². The molecule has 2 heterocycles. The minimum atomic E-state index is 0.294. The number of hydrogen-bond donors (Lipinski definition) is 0. The fraction of sp³-hybridized carbons (Fsp3) is 0.500. The van der Waals surface area contributed by atoms with Crippen LogP contribution in [0.5, 0.6) is 0 Å². The SMILES string of the molecule is C=C=C[C@@H]1CN2C(=O)C[C@H]2S1. The van der Waals surface area contributed by atoms with Gasteiger partial charge in [0, 0.05) is 11.8 Å². The molecule has 0 unspecified atom stereocenters. The Bertz CT molecular complexity index is 244. The summed E-state index contributed by atoms with van der Waals surface area (Å²) in [6.45, 7) is 4.37. The number of hydrogen-bond acceptors (Lipinski definition) is 2. The molecular weight excluding hydrogens is 158 g/mol. The van der Waals surface area contributed by atoms with E-state index in [1.807, 2.05) is 22.7 Å². The van der Waals surface area contributed by atoms with Crippen LogP contribution in [-0.4, -0.2) is 28.0 Å². The summed E-state index contributed by atoms with van der Waals surface area (Å²) >= 11 is 1.84. The lowest BCUT2D eigenvalue weighted by molar-refractivity contribution is -0.140. The first-order valence-corrected chi connectivity index (χ1v) is 4.56. The smallest absolute Gasteiger partial charge is 0.226 e. The molecule has 2 nitrogen and oxygen atoms in total. The predicted octanol–water partition coefficient (Wildman–Crippen LogP) is 1.00. The van der Waals surface area contributed by atoms with Crippen LogP contribution in [0.3, 0.4) is 0 Å². The van der Waals surface area contributed by atoms with Gasteiger partial charge in [-0.3, -0.25) is 4.79 Å². The van der Waals surface area contributed by atoms with Gasteiger partial charge in [-0.1, -0.05) is 6.58 Å². The summed E-state index contributed by atoms with van der Waals surface area (Å²) in [6, 6.07) is 0. The van der Waals surface area contributed by atoms with Crippen molar-refractivity contribution >= 4 is 17.7 Å². The standard InChI is InChI=1S/C8H9NOS/c1-2-3-6-5-9-7(10)4-8(9)11-6/h3,6,8H,1,4-5H2/t6-,8-/m1/s1. The fourth-order valence-corrected chi connectivity index (χ4v) is 2.84. The van der Waals surface area contributed by atoms with E-state index in [0.29, 0.717) is 16.5 Å². The van der Waals surface area contributed by atoms with Crippen LogP contribution in [0.4, 0.5) is 0 Å². The molecule has 0 bridgehead atoms. The molecular formula is C8H9NOS. The molecule has 0 aromatic carbocycles. The monoisotopic (exact) mass is 167 g/mol. The maximum Gasteiger partial charge on any atom is 0.226 e. The van der Waals surface area contributed by atoms with Crippen LogP contribution < -0.4 is 0 Å². The molecule has 11 heavy (non-hydrogen) atoms. The van der Waals surface area contributed by atoms with Gasteiger partial charge in [0.15, 0.2) is 0 Å². The lowest BCUT2D eigenvalue weighted by Gasteiger charge is -2.32. The van der Waals surface area contributed by atoms with Crippen molar-refractivity contribution in [2.45, 2.75) is 17.0 Å². The van der Waals surface area contributed by atoms with E-state index in [-0.39, 0.29) is 0 Å². The lowest BCUT2D eigenvalue weighted by atomic mass is 10.2. The Labute approximate surface area is 69.9 Å². The van der Waals surface area contributed by atoms with Gasteiger partial charge < -0.3 is 4.90 Å². The average molecular weight is 167 g/mol. The van der Waals surface area contributed by atoms with Gasteiger partial charge >= 0.3 is 0 Å². The summed E-state index contributed by atoms with van der Waals surface area (Å²) in [4.78, 5) is 12.8. The number of carbonyl (C=O) groups is 1. The Hall–Kier alpha value is -0.660. The number of β-lactam (4-membered cyclic amide) rings is 1. The van der Waals surface area contributed by atoms with Crippen molar-refractivity contribution in [1.82, 2.24) is 4.90 Å². The number of nitrogens with zero attached hydrogens (tertiary/aromatic N) is 1. The Kier molecular flexibility index (Phi) is 1.55. The molecule has 0 aromatic rings. The highest BCUT2D eigenvalue weighted by atomic mass is 32.2. The van der Waals surface area contributed by atoms with Crippen molar-refractivity contribution in [2.24, 2.45) is 0 Å². The molecule has 0 spiro atoms. The van der Waals surface area contributed by atoms with E-state index in [1.54, 1.807) is 0 Å². The van der Waals surface area contributed by atoms with Crippen molar-refractivity contribution in [3.8, 4) is 0 Å². The van der Waals surface area contributed by atoms with Gasteiger partial charge in [-0.05, 0) is 6.08 Å². The van der Waals surface area contributed by atoms with Crippen molar-refractivity contribution in [2.75, 3.05) is 6.54 Å². The molecule has 58 valence electrons. The molecule has 1 amide bonds. The van der Waals surface area contributed by atoms with Gasteiger partial charge in [-0.25, -0.2) is 0 Å². The average Bonchev–Trinajstić information content (AvgIpc) is 2.29. The van der Waals surface area contributed by atoms with E-state index in [4.69, 9.17) is 0 Å². The van der Waals surface area contributed by atoms with Crippen LogP contribution >= 0.6 is 11.8 Å². The van der Waals surface area contributed by atoms with Crippen molar-refractivity contribution in [1.29, 1.82) is 0 Å². The van der Waals surface area contributed by atoms with Crippen LogP contribution in [0.25, 0.3) is 0 Å². The third-order valence-corrected chi connectivity index (χ3v) is 3.40. The highest BCUT2D eigenvalue weighted by Gasteiger charge is 2.43. The van der Waals surface area contributed by atoms with Crippen LogP contribution in [0.1, 0.15) is 6.42 Å². The molecule has 0 aliphatic carbocycles. The number of amides is 1. The van der Waals surface area contributed by atoms with Crippen molar-refractivity contribution in [3.63, 3.8) is 0 Å². The van der Waals surface area contributed by atoms with Gasteiger partial charge in [-0.2, -0.15) is 0 Å². The highest BCUT2D eigenvalue weighted by Crippen LogP contribution is 2.39. The molecule has 0 saturated carbocycles. The van der Waals surface area contributed by atoms with Gasteiger partial charge in [0.2, 0.25) is 5.91 Å². The zero-order valence-electron chi connectivity index (χ0n) is 6.12.